The van der Waals surface area contributed by atoms with Crippen LogP contribution in [0.25, 0.3) is 0 Å². The number of hydrogen-bond donors (Lipinski definition) is 1. The number of hydrogen-bond acceptors (Lipinski definition) is 3. The van der Waals surface area contributed by atoms with Gasteiger partial charge in [-0.3, -0.25) is 14.5 Å². The summed E-state index contributed by atoms with van der Waals surface area (Å²) in [6, 6.07) is -0.484. The molecule has 1 amide bonds. The van der Waals surface area contributed by atoms with Gasteiger partial charge in [0.15, 0.2) is 0 Å². The summed E-state index contributed by atoms with van der Waals surface area (Å²) in [6.45, 7) is 6.59. The summed E-state index contributed by atoms with van der Waals surface area (Å²) in [5, 5.41) is 9.20. The maximum Gasteiger partial charge on any atom is 0.320 e. The third kappa shape index (κ3) is 4.82. The van der Waals surface area contributed by atoms with E-state index >= 15 is 0 Å². The quantitative estimate of drug-likeness (QED) is 0.763. The van der Waals surface area contributed by atoms with Crippen LogP contribution in [0.1, 0.15) is 46.0 Å². The molecule has 1 heterocycles. The fourth-order valence-corrected chi connectivity index (χ4v) is 2.63. The van der Waals surface area contributed by atoms with Crippen LogP contribution in [0.15, 0.2) is 0 Å². The molecule has 0 aliphatic carbocycles. The van der Waals surface area contributed by atoms with Crippen LogP contribution < -0.4 is 0 Å². The van der Waals surface area contributed by atoms with E-state index in [2.05, 4.69) is 13.8 Å². The van der Waals surface area contributed by atoms with Crippen LogP contribution in [0.5, 0.6) is 0 Å². The van der Waals surface area contributed by atoms with Crippen molar-refractivity contribution in [2.75, 3.05) is 26.2 Å². The number of nitrogens with zero attached hydrogens (tertiary/aromatic N) is 2. The van der Waals surface area contributed by atoms with Crippen LogP contribution in [0.3, 0.4) is 0 Å². The summed E-state index contributed by atoms with van der Waals surface area (Å²) >= 11 is 0. The Morgan fingerprint density at radius 1 is 1.21 bits per heavy atom. The molecule has 0 radical (unpaired) electrons. The van der Waals surface area contributed by atoms with Gasteiger partial charge in [-0.2, -0.15) is 0 Å². The van der Waals surface area contributed by atoms with Crippen molar-refractivity contribution in [3.63, 3.8) is 0 Å². The molecule has 1 aliphatic heterocycles. The van der Waals surface area contributed by atoms with Gasteiger partial charge in [-0.1, -0.05) is 20.3 Å². The molecule has 0 saturated carbocycles. The van der Waals surface area contributed by atoms with Crippen molar-refractivity contribution >= 4 is 11.9 Å². The number of carbonyl (C=O) groups is 2. The van der Waals surface area contributed by atoms with Crippen LogP contribution in [0.2, 0.25) is 0 Å². The van der Waals surface area contributed by atoms with Crippen molar-refractivity contribution < 1.29 is 14.7 Å². The van der Waals surface area contributed by atoms with E-state index in [1.54, 1.807) is 0 Å². The molecular formula is C14H26N2O3. The number of carboxylic acids is 1. The highest BCUT2D eigenvalue weighted by Gasteiger charge is 2.30. The Bertz CT molecular complexity index is 301. The van der Waals surface area contributed by atoms with Gasteiger partial charge in [0.25, 0.3) is 0 Å². The average Bonchev–Trinajstić information content (AvgIpc) is 2.38. The standard InChI is InChI=1S/C14H26N2O3/c1-3-8-15(9-4-2)13(17)11-16-10-6-5-7-12(16)14(18)19/h12H,3-11H2,1-2H3,(H,18,19). The van der Waals surface area contributed by atoms with Crippen molar-refractivity contribution in [2.45, 2.75) is 52.0 Å². The first-order chi connectivity index (χ1) is 9.10. The molecule has 5 heteroatoms. The van der Waals surface area contributed by atoms with Gasteiger partial charge in [0.2, 0.25) is 5.91 Å². The van der Waals surface area contributed by atoms with Gasteiger partial charge in [0, 0.05) is 13.1 Å². The Morgan fingerprint density at radius 2 is 1.84 bits per heavy atom. The van der Waals surface area contributed by atoms with Gasteiger partial charge in [-0.05, 0) is 32.2 Å². The molecule has 0 spiro atoms. The van der Waals surface area contributed by atoms with Crippen molar-refractivity contribution in [3.05, 3.63) is 0 Å². The summed E-state index contributed by atoms with van der Waals surface area (Å²) in [5.41, 5.74) is 0. The highest BCUT2D eigenvalue weighted by Crippen LogP contribution is 2.17. The zero-order valence-corrected chi connectivity index (χ0v) is 12.1. The highest BCUT2D eigenvalue weighted by molar-refractivity contribution is 5.80. The lowest BCUT2D eigenvalue weighted by atomic mass is 10.0. The van der Waals surface area contributed by atoms with E-state index < -0.39 is 12.0 Å². The fraction of sp³-hybridized carbons (Fsp3) is 0.857. The minimum absolute atomic E-state index is 0.0665. The lowest BCUT2D eigenvalue weighted by molar-refractivity contribution is -0.146. The summed E-state index contributed by atoms with van der Waals surface area (Å²) in [5.74, 6) is -0.734. The number of rotatable bonds is 7. The average molecular weight is 270 g/mol. The van der Waals surface area contributed by atoms with Gasteiger partial charge in [0.05, 0.1) is 6.54 Å². The highest BCUT2D eigenvalue weighted by atomic mass is 16.4. The molecule has 1 fully saturated rings. The number of aliphatic carboxylic acids is 1. The molecule has 1 aliphatic rings. The molecule has 0 bridgehead atoms. The van der Waals surface area contributed by atoms with E-state index in [-0.39, 0.29) is 12.5 Å². The Labute approximate surface area is 115 Å². The largest absolute Gasteiger partial charge is 0.480 e. The third-order valence-corrected chi connectivity index (χ3v) is 3.58. The van der Waals surface area contributed by atoms with Gasteiger partial charge in [-0.15, -0.1) is 0 Å². The van der Waals surface area contributed by atoms with E-state index in [9.17, 15) is 14.7 Å². The van der Waals surface area contributed by atoms with Crippen LogP contribution in [-0.4, -0.2) is 59.0 Å². The van der Waals surface area contributed by atoms with Gasteiger partial charge in [0.1, 0.15) is 6.04 Å². The fourth-order valence-electron chi connectivity index (χ4n) is 2.63. The SMILES string of the molecule is CCCN(CCC)C(=O)CN1CCCCC1C(=O)O. The second kappa shape index (κ2) is 8.15. The van der Waals surface area contributed by atoms with Gasteiger partial charge in [-0.25, -0.2) is 0 Å². The minimum atomic E-state index is -0.801. The normalized spacial score (nSPS) is 20.2. The molecule has 5 nitrogen and oxygen atoms in total. The first-order valence-corrected chi connectivity index (χ1v) is 7.34. The lowest BCUT2D eigenvalue weighted by Crippen LogP contribution is -2.50. The van der Waals surface area contributed by atoms with E-state index in [0.717, 1.165) is 45.3 Å². The first kappa shape index (κ1) is 16.0. The molecule has 110 valence electrons. The van der Waals surface area contributed by atoms with Crippen LogP contribution in [0.4, 0.5) is 0 Å². The summed E-state index contributed by atoms with van der Waals surface area (Å²) in [6.07, 6.45) is 4.46. The maximum absolute atomic E-state index is 12.3. The van der Waals surface area contributed by atoms with Crippen molar-refractivity contribution in [1.82, 2.24) is 9.80 Å². The van der Waals surface area contributed by atoms with Crippen LogP contribution >= 0.6 is 0 Å². The smallest absolute Gasteiger partial charge is 0.320 e. The molecular weight excluding hydrogens is 244 g/mol. The van der Waals surface area contributed by atoms with E-state index in [0.29, 0.717) is 6.42 Å². The lowest BCUT2D eigenvalue weighted by Gasteiger charge is -2.34. The minimum Gasteiger partial charge on any atom is -0.480 e. The third-order valence-electron chi connectivity index (χ3n) is 3.58. The Balaban J connectivity index is 2.59. The molecule has 19 heavy (non-hydrogen) atoms. The Morgan fingerprint density at radius 3 is 2.37 bits per heavy atom. The van der Waals surface area contributed by atoms with Crippen molar-refractivity contribution in [3.8, 4) is 0 Å². The molecule has 0 aromatic rings. The second-order valence-corrected chi connectivity index (χ2v) is 5.20. The number of piperidine rings is 1. The van der Waals surface area contributed by atoms with E-state index in [1.807, 2.05) is 9.80 Å². The van der Waals surface area contributed by atoms with Gasteiger partial charge < -0.3 is 10.0 Å². The zero-order valence-electron chi connectivity index (χ0n) is 12.1. The van der Waals surface area contributed by atoms with Crippen molar-refractivity contribution in [2.24, 2.45) is 0 Å². The van der Waals surface area contributed by atoms with Crippen molar-refractivity contribution in [1.29, 1.82) is 0 Å². The second-order valence-electron chi connectivity index (χ2n) is 5.20. The number of carboxylic acid groups (broad SMARTS) is 1. The summed E-state index contributed by atoms with van der Waals surface area (Å²) in [4.78, 5) is 27.1. The Hall–Kier alpha value is -1.10. The van der Waals surface area contributed by atoms with E-state index in [4.69, 9.17) is 0 Å². The molecule has 1 saturated heterocycles. The first-order valence-electron chi connectivity index (χ1n) is 7.34. The molecule has 1 unspecified atom stereocenters. The summed E-state index contributed by atoms with van der Waals surface area (Å²) in [7, 11) is 0. The van der Waals surface area contributed by atoms with Crippen LogP contribution in [-0.2, 0) is 9.59 Å². The zero-order chi connectivity index (χ0) is 14.3. The molecule has 1 rings (SSSR count). The van der Waals surface area contributed by atoms with Gasteiger partial charge >= 0.3 is 5.97 Å². The molecule has 1 atom stereocenters. The topological polar surface area (TPSA) is 60.9 Å². The number of carbonyl (C=O) groups excluding carboxylic acids is 1. The number of likely N-dealkylation sites (tertiary alicyclic amines) is 1. The predicted octanol–water partition coefficient (Wildman–Crippen LogP) is 1.57. The Kier molecular flexibility index (Phi) is 6.84. The summed E-state index contributed by atoms with van der Waals surface area (Å²) < 4.78 is 0. The number of amides is 1. The monoisotopic (exact) mass is 270 g/mol. The molecule has 0 aromatic heterocycles. The van der Waals surface area contributed by atoms with E-state index in [1.165, 1.54) is 0 Å². The molecule has 0 aromatic carbocycles. The predicted molar refractivity (Wildman–Crippen MR) is 74.0 cm³/mol. The maximum atomic E-state index is 12.3. The molecule has 1 N–H and O–H groups in total. The van der Waals surface area contributed by atoms with Crippen LogP contribution in [0, 0.1) is 0 Å².